The molecule has 0 spiro atoms. The molecule has 0 amide bonds. The van der Waals surface area contributed by atoms with Gasteiger partial charge >= 0.3 is 0 Å². The molecule has 0 atom stereocenters. The fourth-order valence-electron chi connectivity index (χ4n) is 1.60. The Labute approximate surface area is 114 Å². The summed E-state index contributed by atoms with van der Waals surface area (Å²) in [6.45, 7) is 7.45. The molecule has 0 aromatic carbocycles. The van der Waals surface area contributed by atoms with Crippen molar-refractivity contribution in [3.8, 4) is 0 Å². The maximum Gasteiger partial charge on any atom is 0.250 e. The maximum absolute atomic E-state index is 11.5. The summed E-state index contributed by atoms with van der Waals surface area (Å²) >= 11 is 0. The van der Waals surface area contributed by atoms with E-state index in [0.717, 1.165) is 13.0 Å². The summed E-state index contributed by atoms with van der Waals surface area (Å²) in [7, 11) is 0. The molecule has 5 heteroatoms. The van der Waals surface area contributed by atoms with Crippen LogP contribution in [0.1, 0.15) is 20.3 Å². The minimum absolute atomic E-state index is 0.0329. The fraction of sp³-hybridized carbons (Fsp3) is 0.643. The number of hydrogen-bond acceptors (Lipinski definition) is 4. The first-order valence-corrected chi connectivity index (χ1v) is 6.71. The van der Waals surface area contributed by atoms with Crippen LogP contribution in [0, 0.1) is 5.92 Å². The maximum atomic E-state index is 11.5. The predicted molar refractivity (Wildman–Crippen MR) is 76.2 cm³/mol. The third-order valence-corrected chi connectivity index (χ3v) is 2.52. The standard InChI is InChI=1S/C14H24N2O3/c1-12(2)11-19-9-8-18-7-3-6-16-10-13(15)4-5-14(16)17/h4-5,10,12H,3,6-9,11,15H2,1-2H3. The molecule has 0 fully saturated rings. The number of nitrogen functional groups attached to an aromatic ring is 1. The Kier molecular flexibility index (Phi) is 7.22. The van der Waals surface area contributed by atoms with Gasteiger partial charge in [-0.15, -0.1) is 0 Å². The SMILES string of the molecule is CC(C)COCCOCCCn1cc(N)ccc1=O. The van der Waals surface area contributed by atoms with Gasteiger partial charge in [-0.3, -0.25) is 4.79 Å². The van der Waals surface area contributed by atoms with Gasteiger partial charge in [-0.2, -0.15) is 0 Å². The van der Waals surface area contributed by atoms with Crippen LogP contribution < -0.4 is 11.3 Å². The van der Waals surface area contributed by atoms with E-state index in [1.165, 1.54) is 6.07 Å². The van der Waals surface area contributed by atoms with Crippen molar-refractivity contribution in [2.45, 2.75) is 26.8 Å². The van der Waals surface area contributed by atoms with E-state index in [-0.39, 0.29) is 5.56 Å². The van der Waals surface area contributed by atoms with Crippen molar-refractivity contribution in [3.05, 3.63) is 28.7 Å². The third-order valence-electron chi connectivity index (χ3n) is 2.52. The second-order valence-corrected chi connectivity index (χ2v) is 4.93. The van der Waals surface area contributed by atoms with Crippen LogP contribution in [-0.2, 0) is 16.0 Å². The van der Waals surface area contributed by atoms with Crippen molar-refractivity contribution >= 4 is 5.69 Å². The Morgan fingerprint density at radius 2 is 1.95 bits per heavy atom. The Bertz CT molecular complexity index is 415. The molecular formula is C14H24N2O3. The zero-order chi connectivity index (χ0) is 14.1. The van der Waals surface area contributed by atoms with Crippen LogP contribution in [0.15, 0.2) is 23.1 Å². The predicted octanol–water partition coefficient (Wildman–Crippen LogP) is 1.51. The molecule has 0 bridgehead atoms. The lowest BCUT2D eigenvalue weighted by Gasteiger charge is -2.08. The molecule has 19 heavy (non-hydrogen) atoms. The lowest BCUT2D eigenvalue weighted by molar-refractivity contribution is 0.0362. The van der Waals surface area contributed by atoms with Gasteiger partial charge in [-0.25, -0.2) is 0 Å². The number of pyridine rings is 1. The second-order valence-electron chi connectivity index (χ2n) is 4.93. The molecule has 0 saturated heterocycles. The molecule has 1 aromatic rings. The monoisotopic (exact) mass is 268 g/mol. The number of rotatable bonds is 9. The first kappa shape index (κ1) is 15.7. The molecule has 5 nitrogen and oxygen atoms in total. The van der Waals surface area contributed by atoms with Crippen molar-refractivity contribution in [2.24, 2.45) is 5.92 Å². The summed E-state index contributed by atoms with van der Waals surface area (Å²) in [5, 5.41) is 0. The molecule has 1 aromatic heterocycles. The number of ether oxygens (including phenoxy) is 2. The average molecular weight is 268 g/mol. The van der Waals surface area contributed by atoms with Crippen LogP contribution in [-0.4, -0.2) is 31.0 Å². The summed E-state index contributed by atoms with van der Waals surface area (Å²) in [5.74, 6) is 0.551. The minimum atomic E-state index is -0.0329. The molecule has 0 aliphatic rings. The highest BCUT2D eigenvalue weighted by Crippen LogP contribution is 1.97. The number of nitrogens with zero attached hydrogens (tertiary/aromatic N) is 1. The first-order chi connectivity index (χ1) is 9.09. The summed E-state index contributed by atoms with van der Waals surface area (Å²) < 4.78 is 12.4. The van der Waals surface area contributed by atoms with E-state index >= 15 is 0 Å². The number of nitrogens with two attached hydrogens (primary N) is 1. The lowest BCUT2D eigenvalue weighted by atomic mass is 10.2. The zero-order valence-electron chi connectivity index (χ0n) is 11.8. The van der Waals surface area contributed by atoms with Crippen LogP contribution in [0.5, 0.6) is 0 Å². The second kappa shape index (κ2) is 8.72. The van der Waals surface area contributed by atoms with Gasteiger partial charge in [0.1, 0.15) is 0 Å². The normalized spacial score (nSPS) is 11.1. The van der Waals surface area contributed by atoms with Crippen molar-refractivity contribution in [1.82, 2.24) is 4.57 Å². The summed E-state index contributed by atoms with van der Waals surface area (Å²) in [5.41, 5.74) is 6.20. The van der Waals surface area contributed by atoms with Gasteiger partial charge in [0.2, 0.25) is 0 Å². The van der Waals surface area contributed by atoms with Gasteiger partial charge < -0.3 is 19.8 Å². The Balaban J connectivity index is 2.08. The Morgan fingerprint density at radius 1 is 1.21 bits per heavy atom. The molecule has 0 saturated carbocycles. The number of aryl methyl sites for hydroxylation is 1. The lowest BCUT2D eigenvalue weighted by Crippen LogP contribution is -2.20. The number of hydrogen-bond donors (Lipinski definition) is 1. The molecule has 0 aliphatic heterocycles. The Hall–Kier alpha value is -1.33. The summed E-state index contributed by atoms with van der Waals surface area (Å²) in [4.78, 5) is 11.5. The van der Waals surface area contributed by atoms with E-state index in [9.17, 15) is 4.79 Å². The van der Waals surface area contributed by atoms with Crippen molar-refractivity contribution < 1.29 is 9.47 Å². The highest BCUT2D eigenvalue weighted by atomic mass is 16.5. The minimum Gasteiger partial charge on any atom is -0.398 e. The van der Waals surface area contributed by atoms with E-state index in [4.69, 9.17) is 15.2 Å². The van der Waals surface area contributed by atoms with E-state index in [0.29, 0.717) is 38.0 Å². The van der Waals surface area contributed by atoms with E-state index in [1.807, 2.05) is 0 Å². The molecule has 0 aliphatic carbocycles. The largest absolute Gasteiger partial charge is 0.398 e. The van der Waals surface area contributed by atoms with E-state index < -0.39 is 0 Å². The highest BCUT2D eigenvalue weighted by Gasteiger charge is 1.97. The van der Waals surface area contributed by atoms with Gasteiger partial charge in [0.25, 0.3) is 5.56 Å². The molecule has 0 unspecified atom stereocenters. The van der Waals surface area contributed by atoms with Crippen molar-refractivity contribution in [1.29, 1.82) is 0 Å². The fourth-order valence-corrected chi connectivity index (χ4v) is 1.60. The van der Waals surface area contributed by atoms with Crippen LogP contribution in [0.25, 0.3) is 0 Å². The number of aromatic nitrogens is 1. The van der Waals surface area contributed by atoms with Gasteiger partial charge in [-0.05, 0) is 18.4 Å². The van der Waals surface area contributed by atoms with E-state index in [2.05, 4.69) is 13.8 Å². The summed E-state index contributed by atoms with van der Waals surface area (Å²) in [6.07, 6.45) is 2.45. The van der Waals surface area contributed by atoms with Gasteiger partial charge in [0.15, 0.2) is 0 Å². The molecule has 1 heterocycles. The molecule has 2 N–H and O–H groups in total. The van der Waals surface area contributed by atoms with Crippen LogP contribution in [0.3, 0.4) is 0 Å². The van der Waals surface area contributed by atoms with Crippen LogP contribution in [0.2, 0.25) is 0 Å². The summed E-state index contributed by atoms with van der Waals surface area (Å²) in [6, 6.07) is 3.09. The number of anilines is 1. The van der Waals surface area contributed by atoms with Crippen LogP contribution in [0.4, 0.5) is 5.69 Å². The molecule has 108 valence electrons. The third kappa shape index (κ3) is 6.98. The average Bonchev–Trinajstić information content (AvgIpc) is 2.36. The van der Waals surface area contributed by atoms with Crippen molar-refractivity contribution in [3.63, 3.8) is 0 Å². The molecular weight excluding hydrogens is 244 g/mol. The van der Waals surface area contributed by atoms with E-state index in [1.54, 1.807) is 16.8 Å². The smallest absolute Gasteiger partial charge is 0.250 e. The van der Waals surface area contributed by atoms with Crippen LogP contribution >= 0.6 is 0 Å². The van der Waals surface area contributed by atoms with Crippen molar-refractivity contribution in [2.75, 3.05) is 32.2 Å². The Morgan fingerprint density at radius 3 is 2.68 bits per heavy atom. The quantitative estimate of drug-likeness (QED) is 0.689. The molecule has 0 radical (unpaired) electrons. The molecule has 1 rings (SSSR count). The highest BCUT2D eigenvalue weighted by molar-refractivity contribution is 5.33. The zero-order valence-corrected chi connectivity index (χ0v) is 11.8. The van der Waals surface area contributed by atoms with Gasteiger partial charge in [0, 0.05) is 37.7 Å². The van der Waals surface area contributed by atoms with Gasteiger partial charge in [-0.1, -0.05) is 13.8 Å². The topological polar surface area (TPSA) is 66.5 Å². The van der Waals surface area contributed by atoms with Gasteiger partial charge in [0.05, 0.1) is 13.2 Å². The first-order valence-electron chi connectivity index (χ1n) is 6.71.